The van der Waals surface area contributed by atoms with Crippen LogP contribution in [0.5, 0.6) is 0 Å². The van der Waals surface area contributed by atoms with Crippen molar-refractivity contribution in [2.75, 3.05) is 11.9 Å². The fourth-order valence-corrected chi connectivity index (χ4v) is 2.84. The van der Waals surface area contributed by atoms with Crippen LogP contribution >= 0.6 is 27.5 Å². The molecular weight excluding hydrogens is 350 g/mol. The Balaban J connectivity index is 2.57. The molecule has 0 amide bonds. The van der Waals surface area contributed by atoms with Crippen molar-refractivity contribution in [3.05, 3.63) is 39.0 Å². The number of rotatable bonds is 4. The zero-order valence-corrected chi connectivity index (χ0v) is 15.0. The van der Waals surface area contributed by atoms with Gasteiger partial charge >= 0.3 is 0 Å². The van der Waals surface area contributed by atoms with Crippen molar-refractivity contribution in [3.63, 3.8) is 0 Å². The molecule has 0 fully saturated rings. The van der Waals surface area contributed by atoms with Gasteiger partial charge in [0.05, 0.1) is 5.02 Å². The summed E-state index contributed by atoms with van der Waals surface area (Å²) in [5, 5.41) is 4.03. The van der Waals surface area contributed by atoms with E-state index < -0.39 is 0 Å². The molecule has 0 spiro atoms. The fourth-order valence-electron chi connectivity index (χ4n) is 2.34. The highest BCUT2D eigenvalue weighted by Gasteiger charge is 2.15. The van der Waals surface area contributed by atoms with Gasteiger partial charge in [-0.2, -0.15) is 0 Å². The van der Waals surface area contributed by atoms with Crippen molar-refractivity contribution in [2.24, 2.45) is 0 Å². The van der Waals surface area contributed by atoms with Crippen LogP contribution < -0.4 is 5.32 Å². The predicted molar refractivity (Wildman–Crippen MR) is 93.2 cm³/mol. The summed E-state index contributed by atoms with van der Waals surface area (Å²) in [5.41, 5.74) is 3.13. The Morgan fingerprint density at radius 2 is 2.00 bits per heavy atom. The van der Waals surface area contributed by atoms with E-state index in [1.54, 1.807) is 0 Å². The van der Waals surface area contributed by atoms with Gasteiger partial charge in [0.15, 0.2) is 5.82 Å². The maximum absolute atomic E-state index is 6.05. The Morgan fingerprint density at radius 1 is 1.29 bits per heavy atom. The van der Waals surface area contributed by atoms with E-state index in [0.717, 1.165) is 28.1 Å². The number of halogens is 2. The summed E-state index contributed by atoms with van der Waals surface area (Å²) in [5.74, 6) is 2.01. The van der Waals surface area contributed by atoms with Crippen LogP contribution in [0.4, 0.5) is 5.82 Å². The normalized spacial score (nSPS) is 11.0. The quantitative estimate of drug-likeness (QED) is 0.782. The standard InChI is InChI=1S/C16H19BrClN3/c1-5-19-16-14(9(2)3)10(4)20-15(21-16)11-6-7-13(18)12(17)8-11/h6-9H,5H2,1-4H3,(H,19,20,21). The molecule has 21 heavy (non-hydrogen) atoms. The number of hydrogen-bond donors (Lipinski definition) is 1. The molecule has 1 heterocycles. The first kappa shape index (κ1) is 16.2. The lowest BCUT2D eigenvalue weighted by Crippen LogP contribution is -2.09. The summed E-state index contributed by atoms with van der Waals surface area (Å²) < 4.78 is 0.848. The molecule has 0 radical (unpaired) electrons. The first-order valence-electron chi connectivity index (χ1n) is 7.01. The van der Waals surface area contributed by atoms with Gasteiger partial charge in [0.2, 0.25) is 0 Å². The van der Waals surface area contributed by atoms with Crippen molar-refractivity contribution in [1.82, 2.24) is 9.97 Å². The number of benzene rings is 1. The fraction of sp³-hybridized carbons (Fsp3) is 0.375. The van der Waals surface area contributed by atoms with Gasteiger partial charge in [-0.25, -0.2) is 9.97 Å². The molecule has 0 saturated heterocycles. The van der Waals surface area contributed by atoms with E-state index in [-0.39, 0.29) is 0 Å². The number of hydrogen-bond acceptors (Lipinski definition) is 3. The third-order valence-electron chi connectivity index (χ3n) is 3.24. The second-order valence-corrected chi connectivity index (χ2v) is 6.47. The number of nitrogens with one attached hydrogen (secondary N) is 1. The minimum absolute atomic E-state index is 0.380. The lowest BCUT2D eigenvalue weighted by atomic mass is 10.0. The van der Waals surface area contributed by atoms with Crippen LogP contribution in [0, 0.1) is 6.92 Å². The monoisotopic (exact) mass is 367 g/mol. The second kappa shape index (κ2) is 6.75. The molecule has 5 heteroatoms. The van der Waals surface area contributed by atoms with Crippen molar-refractivity contribution in [3.8, 4) is 11.4 Å². The van der Waals surface area contributed by atoms with E-state index in [0.29, 0.717) is 16.8 Å². The minimum atomic E-state index is 0.380. The van der Waals surface area contributed by atoms with Gasteiger partial charge in [0.25, 0.3) is 0 Å². The molecule has 2 aromatic rings. The molecular formula is C16H19BrClN3. The van der Waals surface area contributed by atoms with Crippen LogP contribution in [-0.2, 0) is 0 Å². The van der Waals surface area contributed by atoms with Gasteiger partial charge in [0.1, 0.15) is 5.82 Å². The molecule has 1 aromatic carbocycles. The van der Waals surface area contributed by atoms with E-state index >= 15 is 0 Å². The summed E-state index contributed by atoms with van der Waals surface area (Å²) in [7, 11) is 0. The van der Waals surface area contributed by atoms with Crippen molar-refractivity contribution in [1.29, 1.82) is 0 Å². The van der Waals surface area contributed by atoms with Gasteiger partial charge in [-0.05, 0) is 53.9 Å². The van der Waals surface area contributed by atoms with E-state index in [2.05, 4.69) is 47.0 Å². The molecule has 112 valence electrons. The topological polar surface area (TPSA) is 37.8 Å². The maximum atomic E-state index is 6.05. The zero-order valence-electron chi connectivity index (χ0n) is 12.7. The third kappa shape index (κ3) is 3.55. The minimum Gasteiger partial charge on any atom is -0.370 e. The van der Waals surface area contributed by atoms with E-state index in [1.165, 1.54) is 5.56 Å². The smallest absolute Gasteiger partial charge is 0.161 e. The molecule has 0 aliphatic heterocycles. The van der Waals surface area contributed by atoms with Crippen molar-refractivity contribution < 1.29 is 0 Å². The third-order valence-corrected chi connectivity index (χ3v) is 4.45. The SMILES string of the molecule is CCNc1nc(-c2ccc(Cl)c(Br)c2)nc(C)c1C(C)C. The summed E-state index contributed by atoms with van der Waals surface area (Å²) in [6, 6.07) is 5.73. The average molecular weight is 369 g/mol. The highest BCUT2D eigenvalue weighted by atomic mass is 79.9. The van der Waals surface area contributed by atoms with Crippen molar-refractivity contribution >= 4 is 33.3 Å². The van der Waals surface area contributed by atoms with Crippen molar-refractivity contribution in [2.45, 2.75) is 33.6 Å². The first-order valence-corrected chi connectivity index (χ1v) is 8.19. The number of anilines is 1. The number of aryl methyl sites for hydroxylation is 1. The largest absolute Gasteiger partial charge is 0.370 e. The van der Waals surface area contributed by atoms with Gasteiger partial charge < -0.3 is 5.32 Å². The van der Waals surface area contributed by atoms with Crippen LogP contribution in [0.15, 0.2) is 22.7 Å². The Labute approximate surface area is 139 Å². The van der Waals surface area contributed by atoms with Gasteiger partial charge in [-0.1, -0.05) is 25.4 Å². The lowest BCUT2D eigenvalue weighted by molar-refractivity contribution is 0.831. The van der Waals surface area contributed by atoms with Crippen LogP contribution in [0.3, 0.4) is 0 Å². The molecule has 1 N–H and O–H groups in total. The maximum Gasteiger partial charge on any atom is 0.161 e. The molecule has 0 aliphatic rings. The van der Waals surface area contributed by atoms with Crippen LogP contribution in [0.25, 0.3) is 11.4 Å². The van der Waals surface area contributed by atoms with Gasteiger partial charge in [-0.15, -0.1) is 0 Å². The van der Waals surface area contributed by atoms with E-state index in [9.17, 15) is 0 Å². The molecule has 1 aromatic heterocycles. The number of aromatic nitrogens is 2. The van der Waals surface area contributed by atoms with Crippen LogP contribution in [-0.4, -0.2) is 16.5 Å². The Kier molecular flexibility index (Phi) is 5.22. The predicted octanol–water partition coefficient (Wildman–Crippen LogP) is 5.42. The lowest BCUT2D eigenvalue weighted by Gasteiger charge is -2.16. The average Bonchev–Trinajstić information content (AvgIpc) is 2.41. The van der Waals surface area contributed by atoms with Crippen LogP contribution in [0.2, 0.25) is 5.02 Å². The zero-order chi connectivity index (χ0) is 15.6. The summed E-state index contributed by atoms with van der Waals surface area (Å²) in [6.45, 7) is 9.25. The second-order valence-electron chi connectivity index (χ2n) is 5.21. The number of nitrogens with zero attached hydrogens (tertiary/aromatic N) is 2. The molecule has 0 saturated carbocycles. The highest BCUT2D eigenvalue weighted by molar-refractivity contribution is 9.10. The van der Waals surface area contributed by atoms with E-state index in [1.807, 2.05) is 25.1 Å². The Bertz CT molecular complexity index is 656. The molecule has 0 atom stereocenters. The van der Waals surface area contributed by atoms with E-state index in [4.69, 9.17) is 16.6 Å². The molecule has 3 nitrogen and oxygen atoms in total. The molecule has 0 bridgehead atoms. The first-order chi connectivity index (χ1) is 9.93. The Morgan fingerprint density at radius 3 is 2.57 bits per heavy atom. The summed E-state index contributed by atoms with van der Waals surface area (Å²) in [6.07, 6.45) is 0. The molecule has 2 rings (SSSR count). The summed E-state index contributed by atoms with van der Waals surface area (Å²) in [4.78, 5) is 9.36. The summed E-state index contributed by atoms with van der Waals surface area (Å²) >= 11 is 9.49. The Hall–Kier alpha value is -1.13. The van der Waals surface area contributed by atoms with Gasteiger partial charge in [-0.3, -0.25) is 0 Å². The molecule has 0 unspecified atom stereocenters. The highest BCUT2D eigenvalue weighted by Crippen LogP contribution is 2.31. The van der Waals surface area contributed by atoms with Gasteiger partial charge in [0, 0.05) is 27.8 Å². The van der Waals surface area contributed by atoms with Crippen LogP contribution in [0.1, 0.15) is 37.9 Å². The molecule has 0 aliphatic carbocycles.